The molecule has 2 aliphatic rings. The summed E-state index contributed by atoms with van der Waals surface area (Å²) < 4.78 is 6.20. The smallest absolute Gasteiger partial charge is 0.310 e. The van der Waals surface area contributed by atoms with E-state index in [-0.39, 0.29) is 17.4 Å². The summed E-state index contributed by atoms with van der Waals surface area (Å²) >= 11 is 0. The fourth-order valence-electron chi connectivity index (χ4n) is 6.42. The minimum Gasteiger partial charge on any atom is -0.427 e. The van der Waals surface area contributed by atoms with Gasteiger partial charge in [0.15, 0.2) is 0 Å². The Morgan fingerprint density at radius 2 is 1.20 bits per heavy atom. The molecular formula is C32H31BO2. The van der Waals surface area contributed by atoms with E-state index in [0.717, 1.165) is 5.46 Å². The molecule has 0 aliphatic heterocycles. The molecule has 1 N–H and O–H groups in total. The first-order valence-corrected chi connectivity index (χ1v) is 12.5. The maximum atomic E-state index is 9.76. The second kappa shape index (κ2) is 7.68. The van der Waals surface area contributed by atoms with Gasteiger partial charge in [-0.1, -0.05) is 105 Å². The van der Waals surface area contributed by atoms with Crippen molar-refractivity contribution in [2.24, 2.45) is 0 Å². The highest BCUT2D eigenvalue weighted by Gasteiger charge is 2.53. The standard InChI is InChI=1S/C32H31BO2/c1-30(2,20-34)35-33-28-19-11-18-27-29(28)21-12-5-6-13-22(21)32(27)25-16-9-7-14-23(25)31(3,4)24-15-8-10-17-26(24)32/h5-19,33-34H,20H2,1-4H3. The van der Waals surface area contributed by atoms with Gasteiger partial charge in [-0.05, 0) is 63.8 Å². The largest absolute Gasteiger partial charge is 0.427 e. The predicted octanol–water partition coefficient (Wildman–Crippen LogP) is 5.45. The van der Waals surface area contributed by atoms with Gasteiger partial charge >= 0.3 is 7.48 Å². The van der Waals surface area contributed by atoms with E-state index in [9.17, 15) is 5.11 Å². The third-order valence-electron chi connectivity index (χ3n) is 8.16. The first-order valence-electron chi connectivity index (χ1n) is 12.5. The van der Waals surface area contributed by atoms with Crippen molar-refractivity contribution in [1.29, 1.82) is 0 Å². The molecule has 0 aromatic heterocycles. The van der Waals surface area contributed by atoms with E-state index in [4.69, 9.17) is 4.65 Å². The molecule has 174 valence electrons. The topological polar surface area (TPSA) is 29.5 Å². The summed E-state index contributed by atoms with van der Waals surface area (Å²) in [4.78, 5) is 0. The number of rotatable bonds is 4. The molecule has 1 spiro atoms. The number of benzene rings is 4. The highest BCUT2D eigenvalue weighted by atomic mass is 16.5. The van der Waals surface area contributed by atoms with Gasteiger partial charge in [-0.3, -0.25) is 0 Å². The van der Waals surface area contributed by atoms with Crippen molar-refractivity contribution in [1.82, 2.24) is 0 Å². The van der Waals surface area contributed by atoms with Crippen LogP contribution in [0.15, 0.2) is 91.0 Å². The van der Waals surface area contributed by atoms with Crippen LogP contribution in [-0.2, 0) is 15.5 Å². The number of hydrogen-bond donors (Lipinski definition) is 1. The SMILES string of the molecule is CC(C)(CO)OBc1cccc2c1-c1ccccc1C21c2ccccc2C(C)(C)c2ccccc21. The number of hydrogen-bond acceptors (Lipinski definition) is 2. The molecular weight excluding hydrogens is 427 g/mol. The molecule has 3 heteroatoms. The quantitative estimate of drug-likeness (QED) is 0.363. The average Bonchev–Trinajstić information content (AvgIpc) is 3.18. The van der Waals surface area contributed by atoms with Crippen LogP contribution < -0.4 is 5.46 Å². The molecule has 2 aliphatic carbocycles. The summed E-state index contributed by atoms with van der Waals surface area (Å²) in [5.41, 5.74) is 10.8. The van der Waals surface area contributed by atoms with E-state index in [1.807, 2.05) is 13.8 Å². The van der Waals surface area contributed by atoms with E-state index in [1.54, 1.807) is 0 Å². The summed E-state index contributed by atoms with van der Waals surface area (Å²) in [5.74, 6) is 0. The van der Waals surface area contributed by atoms with Crippen molar-refractivity contribution < 1.29 is 9.76 Å². The summed E-state index contributed by atoms with van der Waals surface area (Å²) in [6.07, 6.45) is 0. The van der Waals surface area contributed by atoms with Gasteiger partial charge < -0.3 is 9.76 Å². The van der Waals surface area contributed by atoms with Crippen molar-refractivity contribution in [3.8, 4) is 11.1 Å². The molecule has 0 amide bonds. The highest BCUT2D eigenvalue weighted by molar-refractivity contribution is 6.50. The second-order valence-corrected chi connectivity index (χ2v) is 11.1. The number of fused-ring (bicyclic) bond motifs is 9. The lowest BCUT2D eigenvalue weighted by Gasteiger charge is -2.46. The van der Waals surface area contributed by atoms with E-state index in [0.29, 0.717) is 7.48 Å². The molecule has 0 saturated heterocycles. The average molecular weight is 458 g/mol. The van der Waals surface area contributed by atoms with Crippen LogP contribution in [0.1, 0.15) is 61.1 Å². The van der Waals surface area contributed by atoms with E-state index in [2.05, 4.69) is 105 Å². The molecule has 4 aromatic carbocycles. The van der Waals surface area contributed by atoms with Crippen LogP contribution in [0, 0.1) is 0 Å². The fourth-order valence-corrected chi connectivity index (χ4v) is 6.42. The highest BCUT2D eigenvalue weighted by Crippen LogP contribution is 2.61. The van der Waals surface area contributed by atoms with Gasteiger partial charge in [0.25, 0.3) is 0 Å². The Kier molecular flexibility index (Phi) is 4.90. The van der Waals surface area contributed by atoms with Crippen LogP contribution in [0.3, 0.4) is 0 Å². The molecule has 4 aromatic rings. The predicted molar refractivity (Wildman–Crippen MR) is 145 cm³/mol. The summed E-state index contributed by atoms with van der Waals surface area (Å²) in [7, 11) is 0.454. The summed E-state index contributed by atoms with van der Waals surface area (Å²) in [6, 6.07) is 33.5. The Labute approximate surface area is 208 Å². The van der Waals surface area contributed by atoms with Crippen molar-refractivity contribution in [3.63, 3.8) is 0 Å². The van der Waals surface area contributed by atoms with Crippen molar-refractivity contribution in [2.75, 3.05) is 6.61 Å². The maximum Gasteiger partial charge on any atom is 0.310 e. The normalized spacial score (nSPS) is 16.3. The molecule has 0 unspecified atom stereocenters. The van der Waals surface area contributed by atoms with E-state index < -0.39 is 5.60 Å². The van der Waals surface area contributed by atoms with Gasteiger partial charge in [0.2, 0.25) is 0 Å². The van der Waals surface area contributed by atoms with E-state index in [1.165, 1.54) is 44.5 Å². The second-order valence-electron chi connectivity index (χ2n) is 11.1. The van der Waals surface area contributed by atoms with Gasteiger partial charge in [-0.25, -0.2) is 0 Å². The van der Waals surface area contributed by atoms with Crippen molar-refractivity contribution >= 4 is 12.9 Å². The van der Waals surface area contributed by atoms with E-state index >= 15 is 0 Å². The first-order chi connectivity index (χ1) is 16.8. The van der Waals surface area contributed by atoms with Crippen LogP contribution in [0.5, 0.6) is 0 Å². The summed E-state index contributed by atoms with van der Waals surface area (Å²) in [6.45, 7) is 8.54. The zero-order chi connectivity index (χ0) is 24.4. The molecule has 35 heavy (non-hydrogen) atoms. The zero-order valence-corrected chi connectivity index (χ0v) is 20.9. The van der Waals surface area contributed by atoms with Gasteiger partial charge in [0.1, 0.15) is 0 Å². The Hall–Kier alpha value is -3.14. The van der Waals surface area contributed by atoms with Crippen LogP contribution in [0.4, 0.5) is 0 Å². The number of aliphatic hydroxyl groups excluding tert-OH is 1. The summed E-state index contributed by atoms with van der Waals surface area (Å²) in [5, 5.41) is 9.76. The van der Waals surface area contributed by atoms with Gasteiger partial charge in [-0.15, -0.1) is 0 Å². The fraction of sp³-hybridized carbons (Fsp3) is 0.250. The monoisotopic (exact) mass is 458 g/mol. The molecule has 0 saturated carbocycles. The maximum absolute atomic E-state index is 9.76. The third-order valence-corrected chi connectivity index (χ3v) is 8.16. The first kappa shape index (κ1) is 22.3. The minimum absolute atomic E-state index is 0.0155. The Balaban J connectivity index is 1.71. The van der Waals surface area contributed by atoms with Crippen molar-refractivity contribution in [2.45, 2.75) is 44.1 Å². The van der Waals surface area contributed by atoms with Crippen LogP contribution in [-0.4, -0.2) is 24.8 Å². The lowest BCUT2D eigenvalue weighted by Crippen LogP contribution is -2.41. The molecule has 2 nitrogen and oxygen atoms in total. The lowest BCUT2D eigenvalue weighted by atomic mass is 9.55. The lowest BCUT2D eigenvalue weighted by molar-refractivity contribution is 0.0463. The van der Waals surface area contributed by atoms with Crippen molar-refractivity contribution in [3.05, 3.63) is 124 Å². The molecule has 0 fully saturated rings. The Morgan fingerprint density at radius 3 is 1.80 bits per heavy atom. The van der Waals surface area contributed by atoms with Gasteiger partial charge in [0.05, 0.1) is 17.6 Å². The van der Waals surface area contributed by atoms with Crippen LogP contribution in [0.25, 0.3) is 11.1 Å². The Morgan fingerprint density at radius 1 is 0.686 bits per heavy atom. The molecule has 0 radical (unpaired) electrons. The molecule has 0 bridgehead atoms. The van der Waals surface area contributed by atoms with Gasteiger partial charge in [-0.2, -0.15) is 0 Å². The third kappa shape index (κ3) is 2.98. The Bertz CT molecular complexity index is 1400. The molecule has 6 rings (SSSR count). The molecule has 0 atom stereocenters. The van der Waals surface area contributed by atoms with Crippen LogP contribution in [0.2, 0.25) is 0 Å². The van der Waals surface area contributed by atoms with Gasteiger partial charge in [0, 0.05) is 5.41 Å². The number of aliphatic hydroxyl groups is 1. The zero-order valence-electron chi connectivity index (χ0n) is 20.9. The minimum atomic E-state index is -0.591. The van der Waals surface area contributed by atoms with Crippen LogP contribution >= 0.6 is 0 Å². The molecule has 0 heterocycles.